The van der Waals surface area contributed by atoms with Gasteiger partial charge < -0.3 is 21.3 Å². The number of hydrogen-bond acceptors (Lipinski definition) is 6. The number of hydrogen-bond donors (Lipinski definition) is 3. The second-order valence-electron chi connectivity index (χ2n) is 6.73. The van der Waals surface area contributed by atoms with Crippen LogP contribution < -0.4 is 21.3 Å². The summed E-state index contributed by atoms with van der Waals surface area (Å²) in [6.07, 6.45) is 4.33. The molecule has 1 aromatic carbocycles. The molecule has 0 unspecified atom stereocenters. The Morgan fingerprint density at radius 2 is 2.15 bits per heavy atom. The zero-order valence-electron chi connectivity index (χ0n) is 15.4. The van der Waals surface area contributed by atoms with Crippen molar-refractivity contribution in [1.82, 2.24) is 15.3 Å². The summed E-state index contributed by atoms with van der Waals surface area (Å²) in [5, 5.41) is 7.17. The highest BCUT2D eigenvalue weighted by Crippen LogP contribution is 2.26. The summed E-state index contributed by atoms with van der Waals surface area (Å²) in [7, 11) is 2.01. The molecule has 1 atom stereocenters. The lowest BCUT2D eigenvalue weighted by molar-refractivity contribution is 0.616. The largest absolute Gasteiger partial charge is 0.397 e. The number of anilines is 4. The molecule has 0 aliphatic carbocycles. The molecule has 1 aliphatic rings. The topological polar surface area (TPSA) is 79.1 Å². The van der Waals surface area contributed by atoms with Gasteiger partial charge in [0.15, 0.2) is 0 Å². The van der Waals surface area contributed by atoms with Gasteiger partial charge in [-0.2, -0.15) is 4.98 Å². The molecule has 4 N–H and O–H groups in total. The van der Waals surface area contributed by atoms with Crippen molar-refractivity contribution in [1.29, 1.82) is 0 Å². The van der Waals surface area contributed by atoms with Crippen LogP contribution in [0, 0.1) is 0 Å². The van der Waals surface area contributed by atoms with Crippen LogP contribution >= 0.6 is 11.6 Å². The van der Waals surface area contributed by atoms with Gasteiger partial charge in [-0.05, 0) is 44.5 Å². The van der Waals surface area contributed by atoms with Gasteiger partial charge in [0.25, 0.3) is 0 Å². The maximum atomic E-state index is 6.01. The van der Waals surface area contributed by atoms with Crippen molar-refractivity contribution >= 4 is 34.7 Å². The third-order valence-electron chi connectivity index (χ3n) is 4.72. The molecule has 1 fully saturated rings. The standard InChI is InChI=1S/C19H27ClN6/c1-3-4-5-13-11-18(26-9-8-15(12-26)22-2)25-19(23-13)24-14-6-7-16(20)17(21)10-14/h6-7,10-11,15,22H,3-5,8-9,12,21H2,1-2H3,(H,23,24,25)/t15-/m0/s1. The first-order valence-electron chi connectivity index (χ1n) is 9.21. The third-order valence-corrected chi connectivity index (χ3v) is 5.07. The Bertz CT molecular complexity index is 751. The van der Waals surface area contributed by atoms with E-state index in [1.165, 1.54) is 0 Å². The van der Waals surface area contributed by atoms with E-state index >= 15 is 0 Å². The van der Waals surface area contributed by atoms with Crippen molar-refractivity contribution in [3.8, 4) is 0 Å². The number of benzene rings is 1. The number of nitrogens with zero attached hydrogens (tertiary/aromatic N) is 3. The lowest BCUT2D eigenvalue weighted by atomic mass is 10.2. The maximum absolute atomic E-state index is 6.01. The Labute approximate surface area is 160 Å². The SMILES string of the molecule is CCCCc1cc(N2CC[C@H](NC)C2)nc(Nc2ccc(Cl)c(N)c2)n1. The van der Waals surface area contributed by atoms with E-state index in [2.05, 4.69) is 28.5 Å². The van der Waals surface area contributed by atoms with Crippen LogP contribution in [0.15, 0.2) is 24.3 Å². The van der Waals surface area contributed by atoms with E-state index in [9.17, 15) is 0 Å². The van der Waals surface area contributed by atoms with Gasteiger partial charge in [-0.1, -0.05) is 24.9 Å². The summed E-state index contributed by atoms with van der Waals surface area (Å²) in [6, 6.07) is 8.09. The van der Waals surface area contributed by atoms with Gasteiger partial charge in [-0.15, -0.1) is 0 Å². The van der Waals surface area contributed by atoms with Crippen LogP contribution in [0.1, 0.15) is 31.9 Å². The van der Waals surface area contributed by atoms with Gasteiger partial charge in [-0.25, -0.2) is 4.98 Å². The lowest BCUT2D eigenvalue weighted by Gasteiger charge is -2.19. The predicted molar refractivity (Wildman–Crippen MR) is 109 cm³/mol. The summed E-state index contributed by atoms with van der Waals surface area (Å²) < 4.78 is 0. The molecule has 7 heteroatoms. The number of aryl methyl sites for hydroxylation is 1. The van der Waals surface area contributed by atoms with Crippen molar-refractivity contribution in [2.45, 2.75) is 38.6 Å². The van der Waals surface area contributed by atoms with Gasteiger partial charge in [0, 0.05) is 36.6 Å². The van der Waals surface area contributed by atoms with Crippen LogP contribution in [0.4, 0.5) is 23.1 Å². The van der Waals surface area contributed by atoms with E-state index < -0.39 is 0 Å². The highest BCUT2D eigenvalue weighted by molar-refractivity contribution is 6.33. The van der Waals surface area contributed by atoms with Gasteiger partial charge >= 0.3 is 0 Å². The molecule has 0 amide bonds. The first-order chi connectivity index (χ1) is 12.6. The molecule has 140 valence electrons. The quantitative estimate of drug-likeness (QED) is 0.642. The zero-order chi connectivity index (χ0) is 18.5. The molecule has 0 spiro atoms. The summed E-state index contributed by atoms with van der Waals surface area (Å²) in [6.45, 7) is 4.16. The number of halogens is 1. The molecule has 1 saturated heterocycles. The number of aromatic nitrogens is 2. The second kappa shape index (κ2) is 8.56. The molecule has 6 nitrogen and oxygen atoms in total. The van der Waals surface area contributed by atoms with E-state index in [0.29, 0.717) is 22.7 Å². The summed E-state index contributed by atoms with van der Waals surface area (Å²) in [5.74, 6) is 1.58. The summed E-state index contributed by atoms with van der Waals surface area (Å²) in [5.41, 5.74) is 8.34. The Hall–Kier alpha value is -2.05. The fraction of sp³-hybridized carbons (Fsp3) is 0.474. The van der Waals surface area contributed by atoms with Crippen LogP contribution in [0.3, 0.4) is 0 Å². The molecule has 0 saturated carbocycles. The zero-order valence-corrected chi connectivity index (χ0v) is 16.2. The van der Waals surface area contributed by atoms with Crippen molar-refractivity contribution in [3.63, 3.8) is 0 Å². The third kappa shape index (κ3) is 4.56. The van der Waals surface area contributed by atoms with Crippen LogP contribution in [-0.4, -0.2) is 36.1 Å². The number of nitrogens with two attached hydrogens (primary N) is 1. The summed E-state index contributed by atoms with van der Waals surface area (Å²) in [4.78, 5) is 11.8. The Kier molecular flexibility index (Phi) is 6.16. The number of rotatable bonds is 7. The number of nitrogen functional groups attached to an aromatic ring is 1. The maximum Gasteiger partial charge on any atom is 0.229 e. The molecule has 1 aliphatic heterocycles. The molecular formula is C19H27ClN6. The van der Waals surface area contributed by atoms with Gasteiger partial charge in [0.05, 0.1) is 10.7 Å². The number of unbranched alkanes of at least 4 members (excludes halogenated alkanes) is 1. The molecule has 3 rings (SSSR count). The van der Waals surface area contributed by atoms with Crippen molar-refractivity contribution in [3.05, 3.63) is 35.0 Å². The highest BCUT2D eigenvalue weighted by atomic mass is 35.5. The van der Waals surface area contributed by atoms with Crippen LogP contribution in [0.25, 0.3) is 0 Å². The molecule has 2 aromatic rings. The highest BCUT2D eigenvalue weighted by Gasteiger charge is 2.23. The smallest absolute Gasteiger partial charge is 0.229 e. The predicted octanol–water partition coefficient (Wildman–Crippen LogP) is 3.60. The lowest BCUT2D eigenvalue weighted by Crippen LogP contribution is -2.30. The van der Waals surface area contributed by atoms with E-state index in [1.807, 2.05) is 13.1 Å². The Balaban J connectivity index is 1.85. The summed E-state index contributed by atoms with van der Waals surface area (Å²) >= 11 is 6.01. The molecule has 1 aromatic heterocycles. The van der Waals surface area contributed by atoms with Gasteiger partial charge in [0.2, 0.25) is 5.95 Å². The fourth-order valence-electron chi connectivity index (χ4n) is 3.14. The molecule has 0 radical (unpaired) electrons. The average Bonchev–Trinajstić information content (AvgIpc) is 3.12. The average molecular weight is 375 g/mol. The van der Waals surface area contributed by atoms with Gasteiger partial charge in [-0.3, -0.25) is 0 Å². The minimum Gasteiger partial charge on any atom is -0.397 e. The van der Waals surface area contributed by atoms with E-state index in [-0.39, 0.29) is 0 Å². The van der Waals surface area contributed by atoms with Crippen molar-refractivity contribution in [2.75, 3.05) is 36.1 Å². The fourth-order valence-corrected chi connectivity index (χ4v) is 3.26. The molecular weight excluding hydrogens is 348 g/mol. The monoisotopic (exact) mass is 374 g/mol. The first kappa shape index (κ1) is 18.7. The molecule has 26 heavy (non-hydrogen) atoms. The minimum atomic E-state index is 0.511. The van der Waals surface area contributed by atoms with Crippen LogP contribution in [0.5, 0.6) is 0 Å². The number of likely N-dealkylation sites (N-methyl/N-ethyl adjacent to an activating group) is 1. The second-order valence-corrected chi connectivity index (χ2v) is 7.13. The van der Waals surface area contributed by atoms with E-state index in [1.54, 1.807) is 12.1 Å². The van der Waals surface area contributed by atoms with Gasteiger partial charge in [0.1, 0.15) is 5.82 Å². The van der Waals surface area contributed by atoms with Crippen LogP contribution in [-0.2, 0) is 6.42 Å². The molecule has 2 heterocycles. The number of nitrogens with one attached hydrogen (secondary N) is 2. The molecule has 0 bridgehead atoms. The van der Waals surface area contributed by atoms with Crippen molar-refractivity contribution < 1.29 is 0 Å². The van der Waals surface area contributed by atoms with Crippen molar-refractivity contribution in [2.24, 2.45) is 0 Å². The van der Waals surface area contributed by atoms with Crippen LogP contribution in [0.2, 0.25) is 5.02 Å². The Morgan fingerprint density at radius 3 is 2.85 bits per heavy atom. The minimum absolute atomic E-state index is 0.511. The van der Waals surface area contributed by atoms with E-state index in [4.69, 9.17) is 27.3 Å². The van der Waals surface area contributed by atoms with E-state index in [0.717, 1.165) is 56.0 Å². The first-order valence-corrected chi connectivity index (χ1v) is 9.59. The normalized spacial score (nSPS) is 16.9. The Morgan fingerprint density at radius 1 is 1.31 bits per heavy atom.